The lowest BCUT2D eigenvalue weighted by Gasteiger charge is -2.40. The molecule has 0 spiro atoms. The number of halogens is 1. The summed E-state index contributed by atoms with van der Waals surface area (Å²) in [6, 6.07) is 11.6. The van der Waals surface area contributed by atoms with Crippen LogP contribution >= 0.6 is 0 Å². The van der Waals surface area contributed by atoms with Crippen LogP contribution in [-0.4, -0.2) is 63.7 Å². The second-order valence-electron chi connectivity index (χ2n) is 8.94. The summed E-state index contributed by atoms with van der Waals surface area (Å²) < 4.78 is 18.5. The number of aromatic amines is 1. The van der Waals surface area contributed by atoms with E-state index in [4.69, 9.17) is 4.74 Å². The Morgan fingerprint density at radius 2 is 1.97 bits per heavy atom. The van der Waals surface area contributed by atoms with E-state index >= 15 is 0 Å². The number of nitrogens with one attached hydrogen (secondary N) is 2. The van der Waals surface area contributed by atoms with Crippen molar-refractivity contribution in [3.8, 4) is 17.1 Å². The lowest BCUT2D eigenvalue weighted by Crippen LogP contribution is -2.57. The fraction of sp³-hybridized carbons (Fsp3) is 0.308. The molecule has 0 saturated carbocycles. The SMILES string of the molecule is COc1cc(-c2cc3c(N4CCN(C(=O)N[C@@H](C)c5ccc(F)cc5)[C@H](C)C4)ncnc3[nH]2)ccn1. The van der Waals surface area contributed by atoms with Crippen molar-refractivity contribution in [3.05, 3.63) is 66.4 Å². The van der Waals surface area contributed by atoms with Gasteiger partial charge in [0.2, 0.25) is 5.88 Å². The molecule has 0 radical (unpaired) electrons. The molecule has 2 N–H and O–H groups in total. The summed E-state index contributed by atoms with van der Waals surface area (Å²) in [5.41, 5.74) is 3.44. The molecule has 4 heterocycles. The molecule has 1 aromatic carbocycles. The topological polar surface area (TPSA) is 99.3 Å². The molecule has 0 unspecified atom stereocenters. The number of piperazine rings is 1. The number of pyridine rings is 1. The average molecular weight is 490 g/mol. The van der Waals surface area contributed by atoms with Crippen molar-refractivity contribution in [1.82, 2.24) is 30.2 Å². The summed E-state index contributed by atoms with van der Waals surface area (Å²) in [4.78, 5) is 33.6. The fourth-order valence-electron chi connectivity index (χ4n) is 4.58. The molecule has 186 valence electrons. The van der Waals surface area contributed by atoms with Gasteiger partial charge in [0.05, 0.1) is 18.5 Å². The Morgan fingerprint density at radius 3 is 2.72 bits per heavy atom. The van der Waals surface area contributed by atoms with Crippen LogP contribution in [-0.2, 0) is 0 Å². The number of carbonyl (C=O) groups is 1. The third kappa shape index (κ3) is 4.66. The van der Waals surface area contributed by atoms with E-state index in [9.17, 15) is 9.18 Å². The monoisotopic (exact) mass is 489 g/mol. The molecule has 36 heavy (non-hydrogen) atoms. The van der Waals surface area contributed by atoms with Gasteiger partial charge < -0.3 is 24.8 Å². The van der Waals surface area contributed by atoms with Gasteiger partial charge in [0, 0.05) is 49.2 Å². The van der Waals surface area contributed by atoms with E-state index in [0.29, 0.717) is 25.5 Å². The highest BCUT2D eigenvalue weighted by Crippen LogP contribution is 2.30. The van der Waals surface area contributed by atoms with Gasteiger partial charge in [-0.15, -0.1) is 0 Å². The largest absolute Gasteiger partial charge is 0.481 e. The zero-order chi connectivity index (χ0) is 25.2. The van der Waals surface area contributed by atoms with Gasteiger partial charge in [0.15, 0.2) is 0 Å². The lowest BCUT2D eigenvalue weighted by molar-refractivity contribution is 0.168. The van der Waals surface area contributed by atoms with Gasteiger partial charge in [0.1, 0.15) is 23.6 Å². The molecule has 0 aliphatic carbocycles. The van der Waals surface area contributed by atoms with Gasteiger partial charge in [-0.3, -0.25) is 0 Å². The van der Waals surface area contributed by atoms with Crippen LogP contribution in [0.2, 0.25) is 0 Å². The first kappa shape index (κ1) is 23.5. The number of H-pyrrole nitrogens is 1. The molecule has 1 saturated heterocycles. The molecule has 9 nitrogen and oxygen atoms in total. The van der Waals surface area contributed by atoms with E-state index in [1.54, 1.807) is 31.8 Å². The van der Waals surface area contributed by atoms with E-state index in [1.807, 2.05) is 36.9 Å². The number of urea groups is 1. The van der Waals surface area contributed by atoms with Crippen LogP contribution in [0.1, 0.15) is 25.5 Å². The molecule has 4 aromatic rings. The molecular weight excluding hydrogens is 461 g/mol. The molecular formula is C26H28FN7O2. The zero-order valence-corrected chi connectivity index (χ0v) is 20.4. The number of hydrogen-bond acceptors (Lipinski definition) is 6. The maximum absolute atomic E-state index is 13.2. The first-order valence-corrected chi connectivity index (χ1v) is 11.8. The summed E-state index contributed by atoms with van der Waals surface area (Å²) >= 11 is 0. The molecule has 1 aliphatic rings. The summed E-state index contributed by atoms with van der Waals surface area (Å²) in [5, 5.41) is 3.95. The molecule has 2 atom stereocenters. The highest BCUT2D eigenvalue weighted by atomic mass is 19.1. The molecule has 3 aromatic heterocycles. The van der Waals surface area contributed by atoms with Crippen molar-refractivity contribution in [2.24, 2.45) is 0 Å². The number of anilines is 1. The van der Waals surface area contributed by atoms with Crippen molar-refractivity contribution in [2.75, 3.05) is 31.6 Å². The fourth-order valence-corrected chi connectivity index (χ4v) is 4.58. The standard InChI is InChI=1S/C26H28FN7O2/c1-16-14-33(10-11-34(16)26(35)31-17(2)18-4-6-20(27)7-5-18)25-21-13-22(32-24(21)29-15-30-25)19-8-9-28-23(12-19)36-3/h4-9,12-13,15-17H,10-11,14H2,1-3H3,(H,31,35)(H,29,30,32)/t16-,17+/m1/s1. The Labute approximate surface area is 208 Å². The summed E-state index contributed by atoms with van der Waals surface area (Å²) in [6.45, 7) is 5.74. The van der Waals surface area contributed by atoms with Crippen LogP contribution in [0.25, 0.3) is 22.3 Å². The Kier molecular flexibility index (Phi) is 6.41. The summed E-state index contributed by atoms with van der Waals surface area (Å²) in [7, 11) is 1.59. The maximum atomic E-state index is 13.2. The van der Waals surface area contributed by atoms with Gasteiger partial charge in [-0.1, -0.05) is 12.1 Å². The summed E-state index contributed by atoms with van der Waals surface area (Å²) in [5.74, 6) is 1.07. The Hall–Kier alpha value is -4.21. The van der Waals surface area contributed by atoms with Crippen LogP contribution in [0.3, 0.4) is 0 Å². The Morgan fingerprint density at radius 1 is 1.17 bits per heavy atom. The van der Waals surface area contributed by atoms with E-state index < -0.39 is 0 Å². The van der Waals surface area contributed by atoms with Crippen molar-refractivity contribution in [1.29, 1.82) is 0 Å². The van der Waals surface area contributed by atoms with E-state index in [0.717, 1.165) is 33.7 Å². The van der Waals surface area contributed by atoms with Crippen molar-refractivity contribution >= 4 is 22.9 Å². The first-order valence-electron chi connectivity index (χ1n) is 11.8. The number of rotatable bonds is 5. The van der Waals surface area contributed by atoms with E-state index in [2.05, 4.69) is 30.2 Å². The first-order chi connectivity index (χ1) is 17.4. The number of hydrogen-bond donors (Lipinski definition) is 2. The quantitative estimate of drug-likeness (QED) is 0.437. The molecule has 0 bridgehead atoms. The lowest BCUT2D eigenvalue weighted by atomic mass is 10.1. The minimum absolute atomic E-state index is 0.0351. The number of benzene rings is 1. The normalized spacial score (nSPS) is 16.7. The smallest absolute Gasteiger partial charge is 0.318 e. The maximum Gasteiger partial charge on any atom is 0.318 e. The minimum atomic E-state index is -0.295. The van der Waals surface area contributed by atoms with Crippen molar-refractivity contribution in [2.45, 2.75) is 25.9 Å². The number of amides is 2. The van der Waals surface area contributed by atoms with Crippen LogP contribution in [0, 0.1) is 5.82 Å². The summed E-state index contributed by atoms with van der Waals surface area (Å²) in [6.07, 6.45) is 3.26. The molecule has 5 rings (SSSR count). The third-order valence-electron chi connectivity index (χ3n) is 6.56. The second-order valence-corrected chi connectivity index (χ2v) is 8.94. The second kappa shape index (κ2) is 9.80. The Balaban J connectivity index is 1.30. The molecule has 10 heteroatoms. The highest BCUT2D eigenvalue weighted by molar-refractivity contribution is 5.92. The van der Waals surface area contributed by atoms with Crippen LogP contribution in [0.5, 0.6) is 5.88 Å². The number of nitrogens with zero attached hydrogens (tertiary/aromatic N) is 5. The van der Waals surface area contributed by atoms with E-state index in [1.165, 1.54) is 12.1 Å². The Bertz CT molecular complexity index is 1370. The zero-order valence-electron chi connectivity index (χ0n) is 20.4. The van der Waals surface area contributed by atoms with Crippen LogP contribution < -0.4 is 15.0 Å². The van der Waals surface area contributed by atoms with Crippen molar-refractivity contribution < 1.29 is 13.9 Å². The highest BCUT2D eigenvalue weighted by Gasteiger charge is 2.30. The minimum Gasteiger partial charge on any atom is -0.481 e. The van der Waals surface area contributed by atoms with Crippen molar-refractivity contribution in [3.63, 3.8) is 0 Å². The number of carbonyl (C=O) groups excluding carboxylic acids is 1. The van der Waals surface area contributed by atoms with Crippen LogP contribution in [0.4, 0.5) is 15.0 Å². The molecule has 1 fully saturated rings. The predicted octanol–water partition coefficient (Wildman–Crippen LogP) is 4.15. The van der Waals surface area contributed by atoms with Gasteiger partial charge >= 0.3 is 6.03 Å². The molecule has 2 amide bonds. The third-order valence-corrected chi connectivity index (χ3v) is 6.56. The number of aromatic nitrogens is 4. The number of fused-ring (bicyclic) bond motifs is 1. The molecule has 1 aliphatic heterocycles. The average Bonchev–Trinajstić information content (AvgIpc) is 3.33. The van der Waals surface area contributed by atoms with Gasteiger partial charge in [-0.2, -0.15) is 0 Å². The van der Waals surface area contributed by atoms with E-state index in [-0.39, 0.29) is 23.9 Å². The van der Waals surface area contributed by atoms with Gasteiger partial charge in [-0.05, 0) is 43.7 Å². The van der Waals surface area contributed by atoms with Gasteiger partial charge in [0.25, 0.3) is 0 Å². The van der Waals surface area contributed by atoms with Gasteiger partial charge in [-0.25, -0.2) is 24.1 Å². The number of ether oxygens (including phenoxy) is 1. The van der Waals surface area contributed by atoms with Crippen LogP contribution in [0.15, 0.2) is 55.0 Å². The number of methoxy groups -OCH3 is 1. The predicted molar refractivity (Wildman–Crippen MR) is 135 cm³/mol.